The van der Waals surface area contributed by atoms with E-state index >= 15 is 0 Å². The van der Waals surface area contributed by atoms with Gasteiger partial charge in [-0.15, -0.1) is 0 Å². The van der Waals surface area contributed by atoms with Gasteiger partial charge in [0.15, 0.2) is 11.2 Å². The van der Waals surface area contributed by atoms with Gasteiger partial charge in [0.1, 0.15) is 23.5 Å². The minimum absolute atomic E-state index is 0.0111. The number of carbonyl (C=O) groups excluding carboxylic acids is 2. The highest BCUT2D eigenvalue weighted by atomic mass is 19.3. The molecule has 16 heteroatoms. The number of rotatable bonds is 8. The van der Waals surface area contributed by atoms with Crippen molar-refractivity contribution in [3.05, 3.63) is 63.7 Å². The molecule has 0 bridgehead atoms. The fourth-order valence-corrected chi connectivity index (χ4v) is 5.16. The first-order chi connectivity index (χ1) is 19.8. The number of nitrogens with one attached hydrogen (secondary N) is 2. The molecule has 0 radical (unpaired) electrons. The van der Waals surface area contributed by atoms with Crippen LogP contribution in [0.1, 0.15) is 19.9 Å². The van der Waals surface area contributed by atoms with Crippen molar-refractivity contribution in [1.82, 2.24) is 34.2 Å². The van der Waals surface area contributed by atoms with E-state index in [1.54, 1.807) is 4.90 Å². The highest BCUT2D eigenvalue weighted by Gasteiger charge is 2.71. The first-order valence-electron chi connectivity index (χ1n) is 13.1. The second-order valence-electron chi connectivity index (χ2n) is 10.5. The summed E-state index contributed by atoms with van der Waals surface area (Å²) in [7, 11) is 1.42. The van der Waals surface area contributed by atoms with Crippen molar-refractivity contribution in [1.29, 1.82) is 0 Å². The molecule has 1 aliphatic carbocycles. The standard InChI is InChI=1S/C26H30F2N10O4/c1-5-20(36-10-15-16(11-36)26(15,27)28)31-6-17(29)18-7-30-8-19(33-18)34-23(40)14(3)38-12-32-22-21(38)24(41)37(9-13(2)39)25(42)35(22)4/h5-6,8,12,14-16,30H,1,7,9-11,29H2,2-4H3,(H,34,40)/b17-6-,31-20?/t14-,15?,16?/m0/s1. The average Bonchev–Trinajstić information content (AvgIpc) is 3.38. The van der Waals surface area contributed by atoms with Crippen LogP contribution in [0.4, 0.5) is 8.78 Å². The highest BCUT2D eigenvalue weighted by molar-refractivity contribution is 6.03. The number of carbonyl (C=O) groups is 2. The second-order valence-corrected chi connectivity index (χ2v) is 10.5. The summed E-state index contributed by atoms with van der Waals surface area (Å²) in [6, 6.07) is -0.959. The number of nitrogens with two attached hydrogens (primary N) is 1. The Kier molecular flexibility index (Phi) is 7.16. The van der Waals surface area contributed by atoms with Crippen molar-refractivity contribution in [2.24, 2.45) is 34.6 Å². The van der Waals surface area contributed by atoms with Gasteiger partial charge in [0, 0.05) is 26.3 Å². The van der Waals surface area contributed by atoms with E-state index in [0.29, 0.717) is 11.5 Å². The number of aryl methyl sites for hydroxylation is 1. The molecule has 2 aromatic rings. The molecular formula is C26H30F2N10O4. The quantitative estimate of drug-likeness (QED) is 0.277. The van der Waals surface area contributed by atoms with Crippen molar-refractivity contribution in [2.45, 2.75) is 32.4 Å². The van der Waals surface area contributed by atoms with Crippen LogP contribution in [0.15, 0.2) is 62.5 Å². The van der Waals surface area contributed by atoms with Crippen LogP contribution in [0.2, 0.25) is 0 Å². The van der Waals surface area contributed by atoms with E-state index in [0.717, 1.165) is 9.13 Å². The van der Waals surface area contributed by atoms with E-state index in [1.165, 1.54) is 50.3 Å². The Hall–Kier alpha value is -4.89. The topological polar surface area (TPSA) is 174 Å². The van der Waals surface area contributed by atoms with Gasteiger partial charge in [-0.2, -0.15) is 0 Å². The third kappa shape index (κ3) is 4.92. The zero-order valence-electron chi connectivity index (χ0n) is 23.2. The van der Waals surface area contributed by atoms with Crippen LogP contribution in [-0.2, 0) is 23.2 Å². The van der Waals surface area contributed by atoms with Gasteiger partial charge in [-0.1, -0.05) is 6.58 Å². The third-order valence-corrected chi connectivity index (χ3v) is 7.63. The molecule has 1 saturated heterocycles. The van der Waals surface area contributed by atoms with Crippen LogP contribution in [0, 0.1) is 11.8 Å². The summed E-state index contributed by atoms with van der Waals surface area (Å²) in [5, 5.41) is 5.63. The van der Waals surface area contributed by atoms with Gasteiger partial charge in [0.25, 0.3) is 11.5 Å². The Morgan fingerprint density at radius 3 is 2.67 bits per heavy atom. The molecule has 1 saturated carbocycles. The highest BCUT2D eigenvalue weighted by Crippen LogP contribution is 2.59. The Morgan fingerprint density at radius 1 is 1.33 bits per heavy atom. The van der Waals surface area contributed by atoms with Gasteiger partial charge in [0.2, 0.25) is 5.91 Å². The number of Topliss-reactive ketones (excluding diaryl/α,β-unsaturated/α-hetero) is 1. The molecule has 1 amide bonds. The van der Waals surface area contributed by atoms with Crippen molar-refractivity contribution in [3.63, 3.8) is 0 Å². The van der Waals surface area contributed by atoms with Crippen molar-refractivity contribution in [2.75, 3.05) is 19.6 Å². The van der Waals surface area contributed by atoms with E-state index in [4.69, 9.17) is 5.73 Å². The number of fused-ring (bicyclic) bond motifs is 2. The lowest BCUT2D eigenvalue weighted by Gasteiger charge is -2.21. The molecule has 3 aliphatic rings. The Balaban J connectivity index is 1.32. The van der Waals surface area contributed by atoms with Gasteiger partial charge in [0.05, 0.1) is 48.9 Å². The number of piperidine rings is 1. The number of nitrogens with zero attached hydrogens (tertiary/aromatic N) is 7. The van der Waals surface area contributed by atoms with Crippen LogP contribution in [0.3, 0.4) is 0 Å². The molecule has 222 valence electrons. The van der Waals surface area contributed by atoms with E-state index < -0.39 is 47.5 Å². The molecule has 2 fully saturated rings. The van der Waals surface area contributed by atoms with Gasteiger partial charge >= 0.3 is 5.69 Å². The largest absolute Gasteiger partial charge is 0.396 e. The molecular weight excluding hydrogens is 554 g/mol. The molecule has 0 aromatic carbocycles. The monoisotopic (exact) mass is 584 g/mol. The van der Waals surface area contributed by atoms with Crippen molar-refractivity contribution < 1.29 is 18.4 Å². The summed E-state index contributed by atoms with van der Waals surface area (Å²) in [6.07, 6.45) is 5.59. The van der Waals surface area contributed by atoms with Crippen LogP contribution in [0.25, 0.3) is 11.2 Å². The summed E-state index contributed by atoms with van der Waals surface area (Å²) < 4.78 is 30.4. The summed E-state index contributed by atoms with van der Waals surface area (Å²) in [6.45, 7) is 6.74. The van der Waals surface area contributed by atoms with E-state index in [9.17, 15) is 28.0 Å². The minimum Gasteiger partial charge on any atom is -0.396 e. The number of ketones is 1. The van der Waals surface area contributed by atoms with Crippen LogP contribution in [0.5, 0.6) is 0 Å². The second kappa shape index (κ2) is 10.5. The molecule has 2 aromatic heterocycles. The Bertz CT molecular complexity index is 1730. The van der Waals surface area contributed by atoms with Crippen LogP contribution >= 0.6 is 0 Å². The van der Waals surface area contributed by atoms with Gasteiger partial charge in [-0.3, -0.25) is 23.5 Å². The lowest BCUT2D eigenvalue weighted by atomic mass is 10.2. The number of amides is 1. The van der Waals surface area contributed by atoms with Crippen LogP contribution in [-0.4, -0.2) is 72.4 Å². The maximum atomic E-state index is 13.5. The smallest absolute Gasteiger partial charge is 0.332 e. The number of amidine groups is 1. The Morgan fingerprint density at radius 2 is 2.02 bits per heavy atom. The summed E-state index contributed by atoms with van der Waals surface area (Å²) >= 11 is 0. The fraction of sp³-hybridized carbons (Fsp3) is 0.423. The van der Waals surface area contributed by atoms with Crippen molar-refractivity contribution >= 4 is 34.4 Å². The number of aromatic nitrogens is 4. The number of hydrogen-bond acceptors (Lipinski definition) is 9. The van der Waals surface area contributed by atoms with Gasteiger partial charge < -0.3 is 25.8 Å². The molecule has 14 nitrogen and oxygen atoms in total. The number of likely N-dealkylation sites (tertiary alicyclic amines) is 1. The molecule has 2 aliphatic heterocycles. The number of alkyl halides is 2. The molecule has 5 rings (SSSR count). The minimum atomic E-state index is -2.61. The first-order valence-corrected chi connectivity index (χ1v) is 13.1. The SMILES string of the molecule is C=CC(=N/C=C(\N)C1=NC(NC(=O)[C@H](C)n2cnc3c2c(=O)n(CC(C)=O)c(=O)n3C)=CNC1)N1CC2C(C1)C2(F)F. The zero-order valence-corrected chi connectivity index (χ0v) is 23.2. The van der Waals surface area contributed by atoms with E-state index in [2.05, 4.69) is 32.2 Å². The van der Waals surface area contributed by atoms with Gasteiger partial charge in [-0.05, 0) is 19.9 Å². The molecule has 4 heterocycles. The number of aliphatic imine (C=N–C) groups is 2. The Labute approximate surface area is 237 Å². The average molecular weight is 585 g/mol. The third-order valence-electron chi connectivity index (χ3n) is 7.63. The predicted molar refractivity (Wildman–Crippen MR) is 150 cm³/mol. The normalized spacial score (nSPS) is 22.2. The number of halogens is 2. The fourth-order valence-electron chi connectivity index (χ4n) is 5.16. The summed E-state index contributed by atoms with van der Waals surface area (Å²) in [5.74, 6) is -4.29. The lowest BCUT2D eigenvalue weighted by molar-refractivity contribution is -0.123. The lowest BCUT2D eigenvalue weighted by Crippen LogP contribution is -2.41. The first kappa shape index (κ1) is 28.6. The van der Waals surface area contributed by atoms with E-state index in [1.807, 2.05) is 0 Å². The molecule has 0 spiro atoms. The molecule has 42 heavy (non-hydrogen) atoms. The van der Waals surface area contributed by atoms with Crippen LogP contribution < -0.4 is 27.6 Å². The molecule has 2 unspecified atom stereocenters. The van der Waals surface area contributed by atoms with E-state index in [-0.39, 0.29) is 48.1 Å². The number of imidazole rings is 1. The summed E-state index contributed by atoms with van der Waals surface area (Å²) in [4.78, 5) is 65.1. The predicted octanol–water partition coefficient (Wildman–Crippen LogP) is -0.412. The molecule has 3 atom stereocenters. The summed E-state index contributed by atoms with van der Waals surface area (Å²) in [5.41, 5.74) is 5.37. The molecule has 4 N–H and O–H groups in total. The maximum absolute atomic E-state index is 13.5. The van der Waals surface area contributed by atoms with Crippen molar-refractivity contribution in [3.8, 4) is 0 Å². The number of hydrogen-bond donors (Lipinski definition) is 3. The maximum Gasteiger partial charge on any atom is 0.332 e. The van der Waals surface area contributed by atoms with Gasteiger partial charge in [-0.25, -0.2) is 28.5 Å². The zero-order chi connectivity index (χ0) is 30.5.